The normalized spacial score (nSPS) is 26.9. The van der Waals surface area contributed by atoms with Crippen molar-refractivity contribution in [3.63, 3.8) is 0 Å². The van der Waals surface area contributed by atoms with Gasteiger partial charge in [-0.15, -0.1) is 0 Å². The highest BCUT2D eigenvalue weighted by Crippen LogP contribution is 2.28. The Morgan fingerprint density at radius 3 is 3.06 bits per heavy atom. The van der Waals surface area contributed by atoms with E-state index in [0.717, 1.165) is 4.57 Å². The molecule has 0 aliphatic carbocycles. The molecule has 1 aromatic heterocycles. The zero-order valence-corrected chi connectivity index (χ0v) is 9.48. The van der Waals surface area contributed by atoms with Gasteiger partial charge in [-0.05, 0) is 12.5 Å². The van der Waals surface area contributed by atoms with Crippen molar-refractivity contribution in [2.75, 3.05) is 0 Å². The largest absolute Gasteiger partial charge is 0.367 e. The van der Waals surface area contributed by atoms with Gasteiger partial charge in [-0.25, -0.2) is 4.79 Å². The summed E-state index contributed by atoms with van der Waals surface area (Å²) >= 11 is 0. The van der Waals surface area contributed by atoms with Gasteiger partial charge in [0.2, 0.25) is 0 Å². The summed E-state index contributed by atoms with van der Waals surface area (Å²) in [6, 6.07) is -0.751. The van der Waals surface area contributed by atoms with Crippen LogP contribution in [0, 0.1) is 6.92 Å². The van der Waals surface area contributed by atoms with Crippen LogP contribution in [-0.4, -0.2) is 27.0 Å². The molecule has 2 N–H and O–H groups in total. The van der Waals surface area contributed by atoms with Crippen LogP contribution < -0.4 is 11.2 Å². The topological polar surface area (TPSA) is 133 Å². The van der Waals surface area contributed by atoms with Crippen LogP contribution in [0.3, 0.4) is 0 Å². The van der Waals surface area contributed by atoms with Gasteiger partial charge in [-0.1, -0.05) is 5.11 Å². The van der Waals surface area contributed by atoms with Crippen LogP contribution in [0.1, 0.15) is 18.2 Å². The van der Waals surface area contributed by atoms with Crippen molar-refractivity contribution in [1.29, 1.82) is 0 Å². The van der Waals surface area contributed by atoms with Gasteiger partial charge in [0.05, 0.1) is 6.04 Å². The maximum atomic E-state index is 11.6. The molecule has 0 spiro atoms. The third kappa shape index (κ3) is 2.14. The van der Waals surface area contributed by atoms with Gasteiger partial charge in [0, 0.05) is 23.1 Å². The van der Waals surface area contributed by atoms with Gasteiger partial charge in [0.15, 0.2) is 6.29 Å². The molecule has 0 aromatic carbocycles. The number of hydrogen-bond donors (Lipinski definition) is 2. The molecule has 18 heavy (non-hydrogen) atoms. The Morgan fingerprint density at radius 1 is 1.67 bits per heavy atom. The molecule has 9 nitrogen and oxygen atoms in total. The van der Waals surface area contributed by atoms with Crippen molar-refractivity contribution in [2.24, 2.45) is 5.11 Å². The van der Waals surface area contributed by atoms with E-state index in [1.54, 1.807) is 6.92 Å². The monoisotopic (exact) mass is 253 g/mol. The number of hydrogen-bond acceptors (Lipinski definition) is 5. The van der Waals surface area contributed by atoms with Crippen molar-refractivity contribution < 1.29 is 9.84 Å². The van der Waals surface area contributed by atoms with Gasteiger partial charge in [-0.2, -0.15) is 0 Å². The molecule has 1 aliphatic rings. The molecule has 3 atom stereocenters. The quantitative estimate of drug-likeness (QED) is 0.427. The molecule has 3 unspecified atom stereocenters. The highest BCUT2D eigenvalue weighted by Gasteiger charge is 2.34. The van der Waals surface area contributed by atoms with Crippen LogP contribution in [0.5, 0.6) is 0 Å². The number of aryl methyl sites for hydroxylation is 1. The molecule has 1 aliphatic heterocycles. The lowest BCUT2D eigenvalue weighted by atomic mass is 10.2. The minimum absolute atomic E-state index is 0.163. The summed E-state index contributed by atoms with van der Waals surface area (Å²) in [4.78, 5) is 27.5. The van der Waals surface area contributed by atoms with E-state index < -0.39 is 29.8 Å². The lowest BCUT2D eigenvalue weighted by Gasteiger charge is -2.13. The number of aliphatic hydroxyl groups excluding tert-OH is 1. The van der Waals surface area contributed by atoms with Crippen molar-refractivity contribution >= 4 is 0 Å². The van der Waals surface area contributed by atoms with E-state index >= 15 is 0 Å². The standard InChI is InChI=1S/C9H11N5O4/c1-4-3-14(9(17)11-7(4)15)6-2-5(12-13-10)8(16)18-6/h3,5-6,8,16H,2H2,1H3,(H,11,15,17). The third-order valence-electron chi connectivity index (χ3n) is 2.72. The average Bonchev–Trinajstić information content (AvgIpc) is 2.66. The molecule has 1 fully saturated rings. The zero-order valence-electron chi connectivity index (χ0n) is 9.48. The number of azide groups is 1. The van der Waals surface area contributed by atoms with Crippen LogP contribution in [0.4, 0.5) is 0 Å². The molecule has 1 saturated heterocycles. The second kappa shape index (κ2) is 4.65. The summed E-state index contributed by atoms with van der Waals surface area (Å²) in [6.07, 6.45) is -0.517. The van der Waals surface area contributed by atoms with E-state index in [0.29, 0.717) is 5.56 Å². The van der Waals surface area contributed by atoms with E-state index in [1.807, 2.05) is 0 Å². The molecule has 2 heterocycles. The Labute approximate surface area is 100 Å². The lowest BCUT2D eigenvalue weighted by molar-refractivity contribution is -0.118. The van der Waals surface area contributed by atoms with Gasteiger partial charge < -0.3 is 9.84 Å². The number of rotatable bonds is 2. The number of aromatic nitrogens is 2. The van der Waals surface area contributed by atoms with Gasteiger partial charge >= 0.3 is 5.69 Å². The first-order chi connectivity index (χ1) is 8.52. The Morgan fingerprint density at radius 2 is 2.39 bits per heavy atom. The highest BCUT2D eigenvalue weighted by atomic mass is 16.6. The molecular weight excluding hydrogens is 242 g/mol. The van der Waals surface area contributed by atoms with Crippen molar-refractivity contribution in [2.45, 2.75) is 31.9 Å². The summed E-state index contributed by atoms with van der Waals surface area (Å²) in [5.74, 6) is 0. The first-order valence-electron chi connectivity index (χ1n) is 5.22. The number of ether oxygens (including phenoxy) is 1. The SMILES string of the molecule is Cc1cn(C2CC(N=[N+]=[N-])C(O)O2)c(=O)[nH]c1=O. The molecule has 1 aromatic rings. The minimum atomic E-state index is -1.26. The molecule has 0 amide bonds. The van der Waals surface area contributed by atoms with E-state index in [2.05, 4.69) is 15.0 Å². The highest BCUT2D eigenvalue weighted by molar-refractivity contribution is 5.02. The maximum absolute atomic E-state index is 11.6. The lowest BCUT2D eigenvalue weighted by Crippen LogP contribution is -2.33. The van der Waals surface area contributed by atoms with Crippen molar-refractivity contribution in [1.82, 2.24) is 9.55 Å². The average molecular weight is 253 g/mol. The van der Waals surface area contributed by atoms with Crippen LogP contribution in [-0.2, 0) is 4.74 Å². The Kier molecular flexibility index (Phi) is 3.19. The summed E-state index contributed by atoms with van der Waals surface area (Å²) in [6.45, 7) is 1.55. The summed E-state index contributed by atoms with van der Waals surface area (Å²) in [5.41, 5.74) is 7.55. The number of H-pyrrole nitrogens is 1. The van der Waals surface area contributed by atoms with Crippen molar-refractivity contribution in [3.8, 4) is 0 Å². The predicted octanol–water partition coefficient (Wildman–Crippen LogP) is -0.239. The van der Waals surface area contributed by atoms with Gasteiger partial charge in [0.25, 0.3) is 5.56 Å². The third-order valence-corrected chi connectivity index (χ3v) is 2.72. The Hall–Kier alpha value is -2.09. The van der Waals surface area contributed by atoms with Crippen LogP contribution >= 0.6 is 0 Å². The Balaban J connectivity index is 2.35. The van der Waals surface area contributed by atoms with E-state index in [4.69, 9.17) is 10.3 Å². The molecule has 9 heteroatoms. The van der Waals surface area contributed by atoms with E-state index in [1.165, 1.54) is 6.20 Å². The van der Waals surface area contributed by atoms with Crippen LogP contribution in [0.15, 0.2) is 20.9 Å². The van der Waals surface area contributed by atoms with E-state index in [9.17, 15) is 14.7 Å². The molecule has 0 saturated carbocycles. The first-order valence-corrected chi connectivity index (χ1v) is 5.22. The number of nitrogens with one attached hydrogen (secondary N) is 1. The number of aliphatic hydroxyl groups is 1. The second-order valence-corrected chi connectivity index (χ2v) is 3.97. The minimum Gasteiger partial charge on any atom is -0.367 e. The maximum Gasteiger partial charge on any atom is 0.330 e. The molecule has 0 bridgehead atoms. The smallest absolute Gasteiger partial charge is 0.330 e. The number of nitrogens with zero attached hydrogens (tertiary/aromatic N) is 4. The number of aromatic amines is 1. The second-order valence-electron chi connectivity index (χ2n) is 3.97. The predicted molar refractivity (Wildman–Crippen MR) is 59.7 cm³/mol. The molecular formula is C9H11N5O4. The first kappa shape index (κ1) is 12.4. The Bertz CT molecular complexity index is 614. The van der Waals surface area contributed by atoms with E-state index in [-0.39, 0.29) is 6.42 Å². The molecule has 0 radical (unpaired) electrons. The molecule has 2 rings (SSSR count). The zero-order chi connectivity index (χ0) is 13.3. The summed E-state index contributed by atoms with van der Waals surface area (Å²) < 4.78 is 6.28. The van der Waals surface area contributed by atoms with Crippen LogP contribution in [0.25, 0.3) is 10.4 Å². The fraction of sp³-hybridized carbons (Fsp3) is 0.556. The van der Waals surface area contributed by atoms with Gasteiger partial charge in [-0.3, -0.25) is 14.3 Å². The molecule has 96 valence electrons. The summed E-state index contributed by atoms with van der Waals surface area (Å²) in [5, 5.41) is 12.9. The fourth-order valence-corrected chi connectivity index (χ4v) is 1.78. The summed E-state index contributed by atoms with van der Waals surface area (Å²) in [7, 11) is 0. The van der Waals surface area contributed by atoms with Crippen molar-refractivity contribution in [3.05, 3.63) is 43.0 Å². The fourth-order valence-electron chi connectivity index (χ4n) is 1.78. The van der Waals surface area contributed by atoms with Gasteiger partial charge in [0.1, 0.15) is 6.23 Å². The van der Waals surface area contributed by atoms with Crippen LogP contribution in [0.2, 0.25) is 0 Å².